The van der Waals surface area contributed by atoms with Crippen LogP contribution >= 0.6 is 0 Å². The molecule has 6 rings (SSSR count). The van der Waals surface area contributed by atoms with Crippen LogP contribution in [0.2, 0.25) is 0 Å². The number of aromatic nitrogens is 2. The summed E-state index contributed by atoms with van der Waals surface area (Å²) in [5.74, 6) is 0.565. The molecule has 0 aliphatic carbocycles. The van der Waals surface area contributed by atoms with Crippen molar-refractivity contribution in [2.75, 3.05) is 0 Å². The van der Waals surface area contributed by atoms with Gasteiger partial charge in [0.2, 0.25) is 5.91 Å². The molecule has 1 amide bonds. The summed E-state index contributed by atoms with van der Waals surface area (Å²) in [7, 11) is 0. The maximum atomic E-state index is 14.8. The van der Waals surface area contributed by atoms with E-state index in [2.05, 4.69) is 43.3 Å². The van der Waals surface area contributed by atoms with E-state index in [1.807, 2.05) is 79.4 Å². The average molecular weight is 528 g/mol. The number of aryl methyl sites for hydroxylation is 2. The molecule has 0 unspecified atom stereocenters. The largest absolute Gasteiger partial charge is 0.326 e. The normalized spacial score (nSPS) is 18.6. The summed E-state index contributed by atoms with van der Waals surface area (Å²) in [4.78, 5) is 36.1. The molecule has 5 nitrogen and oxygen atoms in total. The van der Waals surface area contributed by atoms with Crippen LogP contribution in [0.5, 0.6) is 0 Å². The van der Waals surface area contributed by atoms with Crippen LogP contribution in [0.1, 0.15) is 46.6 Å². The lowest BCUT2D eigenvalue weighted by atomic mass is 9.85. The van der Waals surface area contributed by atoms with Crippen molar-refractivity contribution >= 4 is 16.8 Å². The monoisotopic (exact) mass is 527 g/mol. The third kappa shape index (κ3) is 4.62. The van der Waals surface area contributed by atoms with Crippen molar-refractivity contribution in [1.29, 1.82) is 0 Å². The molecule has 5 heteroatoms. The van der Waals surface area contributed by atoms with Gasteiger partial charge in [0.1, 0.15) is 11.4 Å². The molecular formula is C35H33N3O2. The zero-order valence-electron chi connectivity index (χ0n) is 23.2. The summed E-state index contributed by atoms with van der Waals surface area (Å²) < 4.78 is 1.71. The fraction of sp³-hybridized carbons (Fsp3) is 0.229. The number of benzene rings is 4. The van der Waals surface area contributed by atoms with Crippen LogP contribution < -0.4 is 5.56 Å². The molecule has 1 aromatic heterocycles. The molecule has 0 spiro atoms. The lowest BCUT2D eigenvalue weighted by Gasteiger charge is -2.46. The first kappa shape index (κ1) is 25.8. The van der Waals surface area contributed by atoms with Gasteiger partial charge in [0.05, 0.1) is 16.9 Å². The Hall–Kier alpha value is -4.51. The van der Waals surface area contributed by atoms with E-state index in [0.29, 0.717) is 36.1 Å². The van der Waals surface area contributed by atoms with Crippen LogP contribution in [-0.2, 0) is 29.7 Å². The molecule has 0 fully saturated rings. The summed E-state index contributed by atoms with van der Waals surface area (Å²) in [5.41, 5.74) is 4.81. The Balaban J connectivity index is 1.58. The molecule has 1 aliphatic rings. The molecule has 0 bridgehead atoms. The minimum absolute atomic E-state index is 0.0688. The second kappa shape index (κ2) is 10.2. The number of hydrogen-bond donors (Lipinski definition) is 0. The minimum atomic E-state index is -1.14. The first-order valence-corrected chi connectivity index (χ1v) is 13.8. The number of carbonyl (C=O) groups is 1. The molecule has 4 aromatic carbocycles. The maximum absolute atomic E-state index is 14.8. The molecule has 0 radical (unpaired) electrons. The van der Waals surface area contributed by atoms with Gasteiger partial charge in [-0.15, -0.1) is 0 Å². The number of rotatable bonds is 6. The van der Waals surface area contributed by atoms with Gasteiger partial charge in [0, 0.05) is 19.4 Å². The number of para-hydroxylation sites is 1. The second-order valence-electron chi connectivity index (χ2n) is 11.2. The quantitative estimate of drug-likeness (QED) is 0.261. The molecule has 2 heterocycles. The Labute approximate surface area is 234 Å². The Bertz CT molecular complexity index is 1740. The topological polar surface area (TPSA) is 55.2 Å². The maximum Gasteiger partial charge on any atom is 0.262 e. The van der Waals surface area contributed by atoms with Gasteiger partial charge in [-0.3, -0.25) is 14.2 Å². The van der Waals surface area contributed by atoms with Gasteiger partial charge < -0.3 is 4.90 Å². The predicted octanol–water partition coefficient (Wildman–Crippen LogP) is 6.30. The van der Waals surface area contributed by atoms with Crippen molar-refractivity contribution in [3.8, 4) is 0 Å². The highest BCUT2D eigenvalue weighted by atomic mass is 16.2. The van der Waals surface area contributed by atoms with E-state index in [1.165, 1.54) is 5.56 Å². The van der Waals surface area contributed by atoms with E-state index in [0.717, 1.165) is 22.3 Å². The van der Waals surface area contributed by atoms with E-state index in [-0.39, 0.29) is 11.5 Å². The fourth-order valence-electron chi connectivity index (χ4n) is 5.91. The van der Waals surface area contributed by atoms with E-state index in [9.17, 15) is 9.59 Å². The Kier molecular flexibility index (Phi) is 6.59. The summed E-state index contributed by atoms with van der Waals surface area (Å²) in [6.07, 6.45) is 0.950. The first-order chi connectivity index (χ1) is 19.3. The van der Waals surface area contributed by atoms with Crippen molar-refractivity contribution in [2.45, 2.75) is 51.7 Å². The van der Waals surface area contributed by atoms with Gasteiger partial charge in [-0.2, -0.15) is 0 Å². The molecule has 2 atom stereocenters. The Morgan fingerprint density at radius 1 is 0.725 bits per heavy atom. The molecule has 1 aliphatic heterocycles. The SMILES string of the molecule is Cc1ccc(C[C@@H]2c3nc4ccccc4c(=O)n3[C@@](C)(Cc3ccc(C)cc3)C(=O)N2Cc2ccccc2)cc1. The van der Waals surface area contributed by atoms with Crippen LogP contribution in [0.4, 0.5) is 0 Å². The van der Waals surface area contributed by atoms with Crippen LogP contribution in [0.15, 0.2) is 108 Å². The first-order valence-electron chi connectivity index (χ1n) is 13.8. The van der Waals surface area contributed by atoms with Crippen molar-refractivity contribution < 1.29 is 4.79 Å². The minimum Gasteiger partial charge on any atom is -0.326 e. The van der Waals surface area contributed by atoms with Crippen molar-refractivity contribution in [3.63, 3.8) is 0 Å². The molecule has 0 saturated heterocycles. The summed E-state index contributed by atoms with van der Waals surface area (Å²) >= 11 is 0. The Morgan fingerprint density at radius 2 is 1.32 bits per heavy atom. The highest BCUT2D eigenvalue weighted by molar-refractivity contribution is 5.87. The number of hydrogen-bond acceptors (Lipinski definition) is 3. The van der Waals surface area contributed by atoms with Gasteiger partial charge in [0.15, 0.2) is 0 Å². The summed E-state index contributed by atoms with van der Waals surface area (Å²) in [5, 5.41) is 0.528. The smallest absolute Gasteiger partial charge is 0.262 e. The highest BCUT2D eigenvalue weighted by Gasteiger charge is 2.49. The van der Waals surface area contributed by atoms with E-state index < -0.39 is 11.6 Å². The van der Waals surface area contributed by atoms with Gasteiger partial charge in [0.25, 0.3) is 5.56 Å². The van der Waals surface area contributed by atoms with Crippen molar-refractivity contribution in [2.24, 2.45) is 0 Å². The third-order valence-electron chi connectivity index (χ3n) is 8.11. The number of fused-ring (bicyclic) bond motifs is 2. The van der Waals surface area contributed by atoms with E-state index in [4.69, 9.17) is 4.98 Å². The zero-order chi connectivity index (χ0) is 27.9. The molecule has 40 heavy (non-hydrogen) atoms. The Morgan fingerprint density at radius 3 is 2.00 bits per heavy atom. The number of amides is 1. The number of carbonyl (C=O) groups excluding carboxylic acids is 1. The van der Waals surface area contributed by atoms with Gasteiger partial charge >= 0.3 is 0 Å². The van der Waals surface area contributed by atoms with Crippen molar-refractivity contribution in [3.05, 3.63) is 147 Å². The van der Waals surface area contributed by atoms with Gasteiger partial charge in [-0.05, 0) is 49.6 Å². The fourth-order valence-corrected chi connectivity index (χ4v) is 5.91. The summed E-state index contributed by atoms with van der Waals surface area (Å²) in [6, 6.07) is 33.7. The molecule has 0 N–H and O–H groups in total. The van der Waals surface area contributed by atoms with E-state index >= 15 is 0 Å². The van der Waals surface area contributed by atoms with Gasteiger partial charge in [-0.25, -0.2) is 4.98 Å². The van der Waals surface area contributed by atoms with Gasteiger partial charge in [-0.1, -0.05) is 102 Å². The highest BCUT2D eigenvalue weighted by Crippen LogP contribution is 2.39. The number of nitrogens with zero attached hydrogens (tertiary/aromatic N) is 3. The van der Waals surface area contributed by atoms with E-state index in [1.54, 1.807) is 10.6 Å². The molecule has 5 aromatic rings. The third-order valence-corrected chi connectivity index (χ3v) is 8.11. The van der Waals surface area contributed by atoms with Crippen LogP contribution in [0, 0.1) is 13.8 Å². The van der Waals surface area contributed by atoms with Crippen LogP contribution in [0.3, 0.4) is 0 Å². The van der Waals surface area contributed by atoms with Crippen LogP contribution in [0.25, 0.3) is 10.9 Å². The second-order valence-corrected chi connectivity index (χ2v) is 11.2. The zero-order valence-corrected chi connectivity index (χ0v) is 23.2. The summed E-state index contributed by atoms with van der Waals surface area (Å²) in [6.45, 7) is 6.44. The molecule has 0 saturated carbocycles. The average Bonchev–Trinajstić information content (AvgIpc) is 2.96. The lowest BCUT2D eigenvalue weighted by Crippen LogP contribution is -2.60. The van der Waals surface area contributed by atoms with Crippen molar-refractivity contribution in [1.82, 2.24) is 14.5 Å². The molecular weight excluding hydrogens is 494 g/mol. The molecule has 200 valence electrons. The predicted molar refractivity (Wildman–Crippen MR) is 159 cm³/mol. The van der Waals surface area contributed by atoms with Crippen LogP contribution in [-0.4, -0.2) is 20.4 Å². The lowest BCUT2D eigenvalue weighted by molar-refractivity contribution is -0.147. The standard InChI is InChI=1S/C35H33N3O2/c1-24-13-17-26(18-14-24)21-31-32-36-30-12-8-7-11-29(30)33(39)38(32)35(3,22-27-19-15-25(2)16-20-27)34(40)37(31)23-28-9-5-4-6-10-28/h4-20,31H,21-23H2,1-3H3/t31-,35+/m1/s1.